The average Bonchev–Trinajstić information content (AvgIpc) is 2.72. The third kappa shape index (κ3) is 4.83. The molecular formula is C15H28N2O. The molecule has 0 fully saturated rings. The molecule has 3 heteroatoms. The molecule has 0 saturated heterocycles. The number of nitrogens with one attached hydrogen (secondary N) is 1. The Kier molecular flexibility index (Phi) is 6.44. The van der Waals surface area contributed by atoms with Crippen LogP contribution in [0.3, 0.4) is 0 Å². The molecule has 0 radical (unpaired) electrons. The maximum absolute atomic E-state index is 5.56. The van der Waals surface area contributed by atoms with Gasteiger partial charge in [0.1, 0.15) is 5.76 Å². The quantitative estimate of drug-likeness (QED) is 0.770. The summed E-state index contributed by atoms with van der Waals surface area (Å²) in [5.74, 6) is 1.77. The van der Waals surface area contributed by atoms with Crippen molar-refractivity contribution in [3.63, 3.8) is 0 Å². The van der Waals surface area contributed by atoms with Crippen LogP contribution in [0, 0.1) is 5.92 Å². The average molecular weight is 252 g/mol. The Bertz CT molecular complexity index is 331. The van der Waals surface area contributed by atoms with Crippen LogP contribution in [0.2, 0.25) is 0 Å². The molecule has 3 nitrogen and oxygen atoms in total. The van der Waals surface area contributed by atoms with Crippen LogP contribution in [0.5, 0.6) is 0 Å². The lowest BCUT2D eigenvalue weighted by Crippen LogP contribution is -2.33. The van der Waals surface area contributed by atoms with Crippen LogP contribution in [0.1, 0.15) is 45.9 Å². The van der Waals surface area contributed by atoms with Gasteiger partial charge in [-0.05, 0) is 32.4 Å². The minimum absolute atomic E-state index is 0.564. The summed E-state index contributed by atoms with van der Waals surface area (Å²) in [7, 11) is 0. The molecule has 0 aromatic carbocycles. The van der Waals surface area contributed by atoms with Crippen molar-refractivity contribution in [1.29, 1.82) is 0 Å². The molecule has 0 unspecified atom stereocenters. The van der Waals surface area contributed by atoms with Gasteiger partial charge in [0.2, 0.25) is 0 Å². The van der Waals surface area contributed by atoms with Crippen LogP contribution in [-0.4, -0.2) is 24.0 Å². The fraction of sp³-hybridized carbons (Fsp3) is 0.733. The molecule has 0 spiro atoms. The Balaban J connectivity index is 2.65. The van der Waals surface area contributed by atoms with E-state index >= 15 is 0 Å². The molecule has 1 aromatic rings. The normalized spacial score (nSPS) is 12.0. The van der Waals surface area contributed by atoms with Gasteiger partial charge in [-0.1, -0.05) is 20.8 Å². The van der Waals surface area contributed by atoms with E-state index in [1.165, 1.54) is 5.56 Å². The predicted octanol–water partition coefficient (Wildman–Crippen LogP) is 3.26. The fourth-order valence-electron chi connectivity index (χ4n) is 2.05. The van der Waals surface area contributed by atoms with Gasteiger partial charge >= 0.3 is 0 Å². The summed E-state index contributed by atoms with van der Waals surface area (Å²) in [5.41, 5.74) is 1.31. The van der Waals surface area contributed by atoms with Gasteiger partial charge in [0.05, 0.1) is 12.8 Å². The molecular weight excluding hydrogens is 224 g/mol. The zero-order chi connectivity index (χ0) is 13.5. The number of hydrogen-bond donors (Lipinski definition) is 1. The summed E-state index contributed by atoms with van der Waals surface area (Å²) >= 11 is 0. The highest BCUT2D eigenvalue weighted by Crippen LogP contribution is 2.16. The van der Waals surface area contributed by atoms with Crippen LogP contribution < -0.4 is 5.32 Å². The summed E-state index contributed by atoms with van der Waals surface area (Å²) in [6.45, 7) is 15.1. The predicted molar refractivity (Wildman–Crippen MR) is 76.5 cm³/mol. The van der Waals surface area contributed by atoms with Crippen molar-refractivity contribution in [2.75, 3.05) is 13.1 Å². The monoisotopic (exact) mass is 252 g/mol. The van der Waals surface area contributed by atoms with E-state index in [4.69, 9.17) is 4.42 Å². The molecule has 0 atom stereocenters. The molecule has 0 aliphatic rings. The van der Waals surface area contributed by atoms with Gasteiger partial charge in [0.15, 0.2) is 0 Å². The highest BCUT2D eigenvalue weighted by Gasteiger charge is 2.15. The summed E-state index contributed by atoms with van der Waals surface area (Å²) in [4.78, 5) is 2.50. The van der Waals surface area contributed by atoms with Crippen molar-refractivity contribution in [3.8, 4) is 0 Å². The first-order chi connectivity index (χ1) is 8.54. The first-order valence-corrected chi connectivity index (χ1v) is 7.04. The van der Waals surface area contributed by atoms with Crippen molar-refractivity contribution in [2.45, 2.75) is 53.8 Å². The molecule has 1 heterocycles. The van der Waals surface area contributed by atoms with E-state index in [0.29, 0.717) is 12.0 Å². The Labute approximate surface area is 112 Å². The lowest BCUT2D eigenvalue weighted by molar-refractivity contribution is 0.188. The second-order valence-electron chi connectivity index (χ2n) is 5.57. The highest BCUT2D eigenvalue weighted by atomic mass is 16.3. The van der Waals surface area contributed by atoms with Crippen LogP contribution in [0.4, 0.5) is 0 Å². The van der Waals surface area contributed by atoms with Crippen LogP contribution in [0.25, 0.3) is 0 Å². The van der Waals surface area contributed by atoms with E-state index < -0.39 is 0 Å². The molecule has 0 amide bonds. The van der Waals surface area contributed by atoms with Gasteiger partial charge in [-0.25, -0.2) is 0 Å². The van der Waals surface area contributed by atoms with Crippen molar-refractivity contribution in [3.05, 3.63) is 23.7 Å². The van der Waals surface area contributed by atoms with Gasteiger partial charge in [-0.2, -0.15) is 0 Å². The molecule has 0 bridgehead atoms. The molecule has 104 valence electrons. The first kappa shape index (κ1) is 15.3. The van der Waals surface area contributed by atoms with Crippen molar-refractivity contribution in [2.24, 2.45) is 5.92 Å². The van der Waals surface area contributed by atoms with E-state index in [0.717, 1.165) is 31.9 Å². The van der Waals surface area contributed by atoms with Gasteiger partial charge in [-0.15, -0.1) is 0 Å². The maximum atomic E-state index is 5.56. The molecule has 1 aromatic heterocycles. The first-order valence-electron chi connectivity index (χ1n) is 7.04. The zero-order valence-corrected chi connectivity index (χ0v) is 12.5. The Morgan fingerprint density at radius 1 is 1.28 bits per heavy atom. The largest absolute Gasteiger partial charge is 0.468 e. The van der Waals surface area contributed by atoms with Crippen LogP contribution in [-0.2, 0) is 13.1 Å². The minimum Gasteiger partial charge on any atom is -0.468 e. The summed E-state index contributed by atoms with van der Waals surface area (Å²) in [6.07, 6.45) is 1.80. The Morgan fingerprint density at radius 2 is 2.00 bits per heavy atom. The van der Waals surface area contributed by atoms with Crippen LogP contribution in [0.15, 0.2) is 16.7 Å². The molecule has 0 saturated carbocycles. The van der Waals surface area contributed by atoms with Gasteiger partial charge in [-0.3, -0.25) is 4.90 Å². The second-order valence-corrected chi connectivity index (χ2v) is 5.57. The number of rotatable bonds is 8. The lowest BCUT2D eigenvalue weighted by atomic mass is 10.1. The third-order valence-electron chi connectivity index (χ3n) is 3.08. The molecule has 1 N–H and O–H groups in total. The standard InChI is InChI=1S/C15H28N2O/c1-6-16-9-15-14(7-8-18-15)11-17(13(4)5)10-12(2)3/h7-8,12-13,16H,6,9-11H2,1-5H3. The van der Waals surface area contributed by atoms with E-state index in [9.17, 15) is 0 Å². The molecule has 18 heavy (non-hydrogen) atoms. The Morgan fingerprint density at radius 3 is 2.56 bits per heavy atom. The second kappa shape index (κ2) is 7.59. The summed E-state index contributed by atoms with van der Waals surface area (Å²) in [5, 5.41) is 3.32. The minimum atomic E-state index is 0.564. The number of hydrogen-bond acceptors (Lipinski definition) is 3. The van der Waals surface area contributed by atoms with Crippen molar-refractivity contribution >= 4 is 0 Å². The van der Waals surface area contributed by atoms with Crippen LogP contribution >= 0.6 is 0 Å². The molecule has 0 aliphatic carbocycles. The number of furan rings is 1. The number of nitrogens with zero attached hydrogens (tertiary/aromatic N) is 1. The zero-order valence-electron chi connectivity index (χ0n) is 12.5. The lowest BCUT2D eigenvalue weighted by Gasteiger charge is -2.28. The topological polar surface area (TPSA) is 28.4 Å². The maximum Gasteiger partial charge on any atom is 0.122 e. The summed E-state index contributed by atoms with van der Waals surface area (Å²) in [6, 6.07) is 2.66. The van der Waals surface area contributed by atoms with E-state index in [2.05, 4.69) is 50.9 Å². The molecule has 1 rings (SSSR count). The smallest absolute Gasteiger partial charge is 0.122 e. The van der Waals surface area contributed by atoms with Gasteiger partial charge in [0.25, 0.3) is 0 Å². The SMILES string of the molecule is CCNCc1occc1CN(CC(C)C)C(C)C. The highest BCUT2D eigenvalue weighted by molar-refractivity contribution is 5.17. The van der Waals surface area contributed by atoms with E-state index in [1.807, 2.05) is 0 Å². The van der Waals surface area contributed by atoms with E-state index in [-0.39, 0.29) is 0 Å². The van der Waals surface area contributed by atoms with E-state index in [1.54, 1.807) is 6.26 Å². The van der Waals surface area contributed by atoms with Gasteiger partial charge in [0, 0.05) is 24.7 Å². The van der Waals surface area contributed by atoms with Crippen molar-refractivity contribution in [1.82, 2.24) is 10.2 Å². The summed E-state index contributed by atoms with van der Waals surface area (Å²) < 4.78 is 5.56. The van der Waals surface area contributed by atoms with Gasteiger partial charge < -0.3 is 9.73 Å². The van der Waals surface area contributed by atoms with Crippen molar-refractivity contribution < 1.29 is 4.42 Å². The molecule has 0 aliphatic heterocycles. The fourth-order valence-corrected chi connectivity index (χ4v) is 2.05. The third-order valence-corrected chi connectivity index (χ3v) is 3.08. The Hall–Kier alpha value is -0.800.